The molecule has 0 spiro atoms. The van der Waals surface area contributed by atoms with Gasteiger partial charge in [0.2, 0.25) is 0 Å². The molecule has 8 heavy (non-hydrogen) atoms. The Bertz CT molecular complexity index is 66.0. The first kappa shape index (κ1) is 4.84. The molecule has 0 amide bonds. The molecule has 2 rings (SSSR count). The SMILES string of the molecule is [CH]1CCC1C1CCC1. The molecule has 0 saturated heterocycles. The van der Waals surface area contributed by atoms with E-state index in [2.05, 4.69) is 6.42 Å². The average Bonchev–Trinajstić information content (AvgIpc) is 1.47. The summed E-state index contributed by atoms with van der Waals surface area (Å²) in [6.07, 6.45) is 9.98. The zero-order valence-electron chi connectivity index (χ0n) is 5.27. The van der Waals surface area contributed by atoms with Crippen LogP contribution in [0.2, 0.25) is 0 Å². The molecule has 2 fully saturated rings. The minimum Gasteiger partial charge on any atom is -0.0528 e. The fourth-order valence-corrected chi connectivity index (χ4v) is 1.66. The largest absolute Gasteiger partial charge is 0.0528 e. The molecule has 0 nitrogen and oxygen atoms in total. The van der Waals surface area contributed by atoms with Crippen molar-refractivity contribution in [2.24, 2.45) is 11.8 Å². The van der Waals surface area contributed by atoms with E-state index in [9.17, 15) is 0 Å². The van der Waals surface area contributed by atoms with Crippen molar-refractivity contribution in [2.45, 2.75) is 32.1 Å². The Morgan fingerprint density at radius 2 is 1.88 bits per heavy atom. The minimum absolute atomic E-state index is 1.06. The quantitative estimate of drug-likeness (QED) is 0.485. The first-order valence-corrected chi connectivity index (χ1v) is 3.80. The zero-order valence-corrected chi connectivity index (χ0v) is 5.27. The Labute approximate surface area is 51.3 Å². The van der Waals surface area contributed by atoms with Crippen LogP contribution in [0.15, 0.2) is 0 Å². The van der Waals surface area contributed by atoms with Crippen LogP contribution in [0.1, 0.15) is 32.1 Å². The van der Waals surface area contributed by atoms with Crippen LogP contribution in [-0.2, 0) is 0 Å². The van der Waals surface area contributed by atoms with E-state index in [1.807, 2.05) is 0 Å². The van der Waals surface area contributed by atoms with Crippen molar-refractivity contribution in [2.75, 3.05) is 0 Å². The van der Waals surface area contributed by atoms with Crippen LogP contribution in [0.5, 0.6) is 0 Å². The summed E-state index contributed by atoms with van der Waals surface area (Å²) >= 11 is 0. The summed E-state index contributed by atoms with van der Waals surface area (Å²) in [6, 6.07) is 0. The van der Waals surface area contributed by atoms with E-state index in [0.717, 1.165) is 11.8 Å². The second kappa shape index (κ2) is 1.75. The average molecular weight is 109 g/mol. The van der Waals surface area contributed by atoms with Crippen molar-refractivity contribution >= 4 is 0 Å². The van der Waals surface area contributed by atoms with E-state index in [1.165, 1.54) is 32.1 Å². The third-order valence-corrected chi connectivity index (χ3v) is 2.72. The van der Waals surface area contributed by atoms with Crippen molar-refractivity contribution in [1.82, 2.24) is 0 Å². The maximum Gasteiger partial charge on any atom is -0.0352 e. The maximum atomic E-state index is 2.50. The van der Waals surface area contributed by atoms with E-state index < -0.39 is 0 Å². The third-order valence-electron chi connectivity index (χ3n) is 2.72. The number of hydrogen-bond donors (Lipinski definition) is 0. The van der Waals surface area contributed by atoms with Gasteiger partial charge < -0.3 is 0 Å². The number of hydrogen-bond acceptors (Lipinski definition) is 0. The van der Waals surface area contributed by atoms with Gasteiger partial charge in [-0.05, 0) is 31.1 Å². The van der Waals surface area contributed by atoms with Gasteiger partial charge in [-0.3, -0.25) is 0 Å². The topological polar surface area (TPSA) is 0 Å². The molecule has 0 aliphatic heterocycles. The van der Waals surface area contributed by atoms with Gasteiger partial charge in [0.15, 0.2) is 0 Å². The van der Waals surface area contributed by atoms with Crippen LogP contribution < -0.4 is 0 Å². The number of rotatable bonds is 1. The lowest BCUT2D eigenvalue weighted by atomic mass is 9.67. The molecule has 0 heteroatoms. The molecule has 0 aromatic carbocycles. The normalized spacial score (nSPS) is 31.5. The van der Waals surface area contributed by atoms with Crippen LogP contribution in [0, 0.1) is 18.3 Å². The predicted molar refractivity (Wildman–Crippen MR) is 34.4 cm³/mol. The first-order chi connectivity index (χ1) is 3.97. The van der Waals surface area contributed by atoms with E-state index in [-0.39, 0.29) is 0 Å². The molecule has 2 aliphatic carbocycles. The lowest BCUT2D eigenvalue weighted by molar-refractivity contribution is 0.181. The molecule has 2 saturated carbocycles. The van der Waals surface area contributed by atoms with Gasteiger partial charge in [-0.25, -0.2) is 0 Å². The molecule has 1 atom stereocenters. The highest BCUT2D eigenvalue weighted by Gasteiger charge is 2.30. The van der Waals surface area contributed by atoms with E-state index in [1.54, 1.807) is 0 Å². The van der Waals surface area contributed by atoms with Gasteiger partial charge in [-0.1, -0.05) is 19.3 Å². The van der Waals surface area contributed by atoms with Crippen molar-refractivity contribution in [3.63, 3.8) is 0 Å². The molecular weight excluding hydrogens is 96.1 g/mol. The Morgan fingerprint density at radius 1 is 1.12 bits per heavy atom. The van der Waals surface area contributed by atoms with Crippen molar-refractivity contribution in [1.29, 1.82) is 0 Å². The second-order valence-electron chi connectivity index (χ2n) is 3.17. The van der Waals surface area contributed by atoms with Crippen LogP contribution in [0.25, 0.3) is 0 Å². The molecule has 0 heterocycles. The molecule has 2 aliphatic rings. The highest BCUT2D eigenvalue weighted by molar-refractivity contribution is 4.94. The molecule has 0 aromatic heterocycles. The Morgan fingerprint density at radius 3 is 2.00 bits per heavy atom. The highest BCUT2D eigenvalue weighted by Crippen LogP contribution is 2.42. The fourth-order valence-electron chi connectivity index (χ4n) is 1.66. The van der Waals surface area contributed by atoms with Gasteiger partial charge in [0, 0.05) is 0 Å². The molecule has 1 radical (unpaired) electrons. The van der Waals surface area contributed by atoms with Crippen molar-refractivity contribution in [3.8, 4) is 0 Å². The lowest BCUT2D eigenvalue weighted by Crippen LogP contribution is -2.27. The van der Waals surface area contributed by atoms with Crippen LogP contribution >= 0.6 is 0 Å². The first-order valence-electron chi connectivity index (χ1n) is 3.80. The molecular formula is C8H13. The Hall–Kier alpha value is 0. The lowest BCUT2D eigenvalue weighted by Gasteiger charge is -2.38. The summed E-state index contributed by atoms with van der Waals surface area (Å²) in [4.78, 5) is 0. The van der Waals surface area contributed by atoms with E-state index in [4.69, 9.17) is 0 Å². The minimum atomic E-state index is 1.06. The summed E-state index contributed by atoms with van der Waals surface area (Å²) in [6.45, 7) is 0. The Balaban J connectivity index is 1.79. The highest BCUT2D eigenvalue weighted by atomic mass is 14.4. The van der Waals surface area contributed by atoms with Crippen LogP contribution in [0.3, 0.4) is 0 Å². The van der Waals surface area contributed by atoms with Gasteiger partial charge in [0.1, 0.15) is 0 Å². The third kappa shape index (κ3) is 0.586. The Kier molecular flexibility index (Phi) is 1.06. The fraction of sp³-hybridized carbons (Fsp3) is 0.875. The molecule has 0 bridgehead atoms. The van der Waals surface area contributed by atoms with Gasteiger partial charge >= 0.3 is 0 Å². The molecule has 0 N–H and O–H groups in total. The van der Waals surface area contributed by atoms with Crippen LogP contribution in [0.4, 0.5) is 0 Å². The monoisotopic (exact) mass is 109 g/mol. The standard InChI is InChI=1S/C8H13/c1-3-7(4-1)8-5-2-6-8/h3,7-8H,1-2,4-6H2. The molecule has 1 unspecified atom stereocenters. The van der Waals surface area contributed by atoms with Gasteiger partial charge in [-0.15, -0.1) is 0 Å². The van der Waals surface area contributed by atoms with Crippen LogP contribution in [-0.4, -0.2) is 0 Å². The van der Waals surface area contributed by atoms with Crippen molar-refractivity contribution < 1.29 is 0 Å². The molecule has 45 valence electrons. The summed E-state index contributed by atoms with van der Waals surface area (Å²) in [5.41, 5.74) is 0. The maximum absolute atomic E-state index is 2.50. The van der Waals surface area contributed by atoms with Gasteiger partial charge in [-0.2, -0.15) is 0 Å². The summed E-state index contributed by atoms with van der Waals surface area (Å²) in [5.74, 6) is 2.19. The molecule has 0 aromatic rings. The summed E-state index contributed by atoms with van der Waals surface area (Å²) < 4.78 is 0. The smallest absolute Gasteiger partial charge is 0.0352 e. The zero-order chi connectivity index (χ0) is 5.40. The summed E-state index contributed by atoms with van der Waals surface area (Å²) in [5, 5.41) is 0. The van der Waals surface area contributed by atoms with Gasteiger partial charge in [0.25, 0.3) is 0 Å². The predicted octanol–water partition coefficient (Wildman–Crippen LogP) is 2.40. The summed E-state index contributed by atoms with van der Waals surface area (Å²) in [7, 11) is 0. The second-order valence-corrected chi connectivity index (χ2v) is 3.17. The van der Waals surface area contributed by atoms with Gasteiger partial charge in [0.05, 0.1) is 0 Å². The van der Waals surface area contributed by atoms with E-state index in [0.29, 0.717) is 0 Å². The van der Waals surface area contributed by atoms with Crippen molar-refractivity contribution in [3.05, 3.63) is 6.42 Å². The van der Waals surface area contributed by atoms with E-state index >= 15 is 0 Å².